The Morgan fingerprint density at radius 1 is 0.929 bits per heavy atom. The van der Waals surface area contributed by atoms with Crippen molar-refractivity contribution < 1.29 is 9.47 Å². The average Bonchev–Trinajstić information content (AvgIpc) is 3.13. The maximum Gasteiger partial charge on any atom is 0.164 e. The number of aryl methyl sites for hydroxylation is 1. The number of rotatable bonds is 3. The van der Waals surface area contributed by atoms with E-state index >= 15 is 0 Å². The number of nitrogens with zero attached hydrogens (tertiary/aromatic N) is 2. The zero-order chi connectivity index (χ0) is 19.3. The Kier molecular flexibility index (Phi) is 3.93. The molecular formula is C24H22N2O2. The monoisotopic (exact) mass is 370 g/mol. The van der Waals surface area contributed by atoms with Gasteiger partial charge in [-0.05, 0) is 47.8 Å². The fourth-order valence-corrected chi connectivity index (χ4v) is 4.74. The van der Waals surface area contributed by atoms with Gasteiger partial charge in [0.15, 0.2) is 11.5 Å². The number of methoxy groups -OCH3 is 2. The van der Waals surface area contributed by atoms with Gasteiger partial charge in [0.2, 0.25) is 0 Å². The highest BCUT2D eigenvalue weighted by Crippen LogP contribution is 2.53. The van der Waals surface area contributed by atoms with Crippen LogP contribution in [0.4, 0.5) is 0 Å². The van der Waals surface area contributed by atoms with E-state index in [0.717, 1.165) is 46.9 Å². The first kappa shape index (κ1) is 17.0. The van der Waals surface area contributed by atoms with Crippen molar-refractivity contribution in [3.63, 3.8) is 0 Å². The molecule has 5 rings (SSSR count). The van der Waals surface area contributed by atoms with Crippen LogP contribution in [0.3, 0.4) is 0 Å². The zero-order valence-electron chi connectivity index (χ0n) is 16.3. The van der Waals surface area contributed by atoms with Gasteiger partial charge in [0.25, 0.3) is 0 Å². The number of fused-ring (bicyclic) bond motifs is 4. The van der Waals surface area contributed by atoms with E-state index in [2.05, 4.69) is 29.2 Å². The van der Waals surface area contributed by atoms with Gasteiger partial charge in [-0.25, -0.2) is 0 Å². The molecule has 140 valence electrons. The highest BCUT2D eigenvalue weighted by Gasteiger charge is 2.37. The summed E-state index contributed by atoms with van der Waals surface area (Å²) in [5.41, 5.74) is 9.62. The maximum atomic E-state index is 5.85. The second-order valence-corrected chi connectivity index (χ2v) is 7.37. The number of allylic oxidation sites excluding steroid dienone is 2. The third-order valence-corrected chi connectivity index (χ3v) is 5.92. The second-order valence-electron chi connectivity index (χ2n) is 7.37. The summed E-state index contributed by atoms with van der Waals surface area (Å²) >= 11 is 0. The minimum atomic E-state index is 0.182. The van der Waals surface area contributed by atoms with E-state index in [9.17, 15) is 0 Å². The standard InChI is InChI=1S/C24H22N2O2/c1-14-8-9-16(24(28-3)23(14)27-2)18-12-15-6-4-11-26-22(15)19-13-20-17(21(18)19)7-5-10-25-20/h4-11,18H,12-13H2,1-3H3. The van der Waals surface area contributed by atoms with Gasteiger partial charge in [0, 0.05) is 35.9 Å². The molecule has 2 aromatic heterocycles. The maximum absolute atomic E-state index is 5.85. The molecule has 1 atom stereocenters. The molecule has 0 bridgehead atoms. The summed E-state index contributed by atoms with van der Waals surface area (Å²) in [7, 11) is 3.42. The number of benzene rings is 1. The normalized spacial score (nSPS) is 17.0. The first-order valence-electron chi connectivity index (χ1n) is 9.56. The molecule has 0 radical (unpaired) electrons. The van der Waals surface area contributed by atoms with Gasteiger partial charge in [0.1, 0.15) is 0 Å². The fraction of sp³-hybridized carbons (Fsp3) is 0.250. The Labute approximate surface area is 164 Å². The molecule has 2 heterocycles. The van der Waals surface area contributed by atoms with Crippen molar-refractivity contribution in [1.82, 2.24) is 9.97 Å². The highest BCUT2D eigenvalue weighted by molar-refractivity contribution is 6.00. The van der Waals surface area contributed by atoms with Crippen LogP contribution in [0.5, 0.6) is 11.5 Å². The lowest BCUT2D eigenvalue weighted by Gasteiger charge is -2.29. The predicted molar refractivity (Wildman–Crippen MR) is 110 cm³/mol. The van der Waals surface area contributed by atoms with Crippen molar-refractivity contribution in [3.05, 3.63) is 82.4 Å². The van der Waals surface area contributed by atoms with Crippen LogP contribution >= 0.6 is 0 Å². The lowest BCUT2D eigenvalue weighted by atomic mass is 9.76. The molecule has 3 aromatic rings. The first-order chi connectivity index (χ1) is 13.7. The van der Waals surface area contributed by atoms with Crippen LogP contribution in [-0.4, -0.2) is 24.2 Å². The molecule has 2 aliphatic carbocycles. The number of ether oxygens (including phenoxy) is 2. The van der Waals surface area contributed by atoms with E-state index in [1.54, 1.807) is 14.2 Å². The molecule has 0 saturated carbocycles. The predicted octanol–water partition coefficient (Wildman–Crippen LogP) is 4.61. The Morgan fingerprint density at radius 2 is 1.71 bits per heavy atom. The van der Waals surface area contributed by atoms with Crippen LogP contribution in [0.1, 0.15) is 39.6 Å². The van der Waals surface area contributed by atoms with Gasteiger partial charge < -0.3 is 9.47 Å². The highest BCUT2D eigenvalue weighted by atomic mass is 16.5. The first-order valence-corrected chi connectivity index (χ1v) is 9.56. The smallest absolute Gasteiger partial charge is 0.164 e. The van der Waals surface area contributed by atoms with Crippen LogP contribution in [0.25, 0.3) is 11.1 Å². The molecule has 0 aliphatic heterocycles. The van der Waals surface area contributed by atoms with Crippen LogP contribution in [0.15, 0.2) is 48.8 Å². The fourth-order valence-electron chi connectivity index (χ4n) is 4.74. The molecule has 1 aromatic carbocycles. The summed E-state index contributed by atoms with van der Waals surface area (Å²) < 4.78 is 11.5. The summed E-state index contributed by atoms with van der Waals surface area (Å²) in [6, 6.07) is 12.7. The van der Waals surface area contributed by atoms with E-state index in [1.807, 2.05) is 31.5 Å². The second kappa shape index (κ2) is 6.48. The van der Waals surface area contributed by atoms with Gasteiger partial charge in [-0.1, -0.05) is 24.3 Å². The number of hydrogen-bond acceptors (Lipinski definition) is 4. The van der Waals surface area contributed by atoms with Crippen LogP contribution < -0.4 is 9.47 Å². The summed E-state index contributed by atoms with van der Waals surface area (Å²) in [5.74, 6) is 1.81. The molecule has 4 nitrogen and oxygen atoms in total. The van der Waals surface area contributed by atoms with Crippen LogP contribution in [-0.2, 0) is 12.8 Å². The van der Waals surface area contributed by atoms with E-state index in [-0.39, 0.29) is 5.92 Å². The summed E-state index contributed by atoms with van der Waals surface area (Å²) in [5, 5.41) is 0. The van der Waals surface area contributed by atoms with Crippen molar-refractivity contribution in [2.75, 3.05) is 14.2 Å². The molecule has 0 fully saturated rings. The minimum Gasteiger partial charge on any atom is -0.493 e. The zero-order valence-corrected chi connectivity index (χ0v) is 16.3. The van der Waals surface area contributed by atoms with Gasteiger partial charge in [-0.2, -0.15) is 0 Å². The van der Waals surface area contributed by atoms with Crippen molar-refractivity contribution in [3.8, 4) is 11.5 Å². The van der Waals surface area contributed by atoms with Gasteiger partial charge in [-0.3, -0.25) is 9.97 Å². The SMILES string of the molecule is COc1c(C)ccc(C2Cc3cccnc3C3=C2c2cccnc2C3)c1OC. The summed E-state index contributed by atoms with van der Waals surface area (Å²) in [6.07, 6.45) is 5.48. The molecule has 0 saturated heterocycles. The number of pyridine rings is 2. The number of aromatic nitrogens is 2. The van der Waals surface area contributed by atoms with Crippen molar-refractivity contribution >= 4 is 11.1 Å². The van der Waals surface area contributed by atoms with Gasteiger partial charge in [0.05, 0.1) is 25.6 Å². The Balaban J connectivity index is 1.77. The summed E-state index contributed by atoms with van der Waals surface area (Å²) in [6.45, 7) is 2.05. The van der Waals surface area contributed by atoms with E-state index < -0.39 is 0 Å². The minimum absolute atomic E-state index is 0.182. The average molecular weight is 370 g/mol. The topological polar surface area (TPSA) is 44.2 Å². The Morgan fingerprint density at radius 3 is 2.54 bits per heavy atom. The lowest BCUT2D eigenvalue weighted by Crippen LogP contribution is -2.15. The molecule has 1 unspecified atom stereocenters. The quantitative estimate of drug-likeness (QED) is 0.675. The molecule has 2 aliphatic rings. The number of hydrogen-bond donors (Lipinski definition) is 0. The van der Waals surface area contributed by atoms with Gasteiger partial charge in [-0.15, -0.1) is 0 Å². The van der Waals surface area contributed by atoms with Crippen molar-refractivity contribution in [1.29, 1.82) is 0 Å². The van der Waals surface area contributed by atoms with Crippen molar-refractivity contribution in [2.45, 2.75) is 25.7 Å². The Hall–Kier alpha value is -3.14. The molecule has 4 heteroatoms. The van der Waals surface area contributed by atoms with Gasteiger partial charge >= 0.3 is 0 Å². The van der Waals surface area contributed by atoms with Crippen LogP contribution in [0.2, 0.25) is 0 Å². The molecular weight excluding hydrogens is 348 g/mol. The van der Waals surface area contributed by atoms with E-state index in [1.165, 1.54) is 22.3 Å². The molecule has 0 amide bonds. The lowest BCUT2D eigenvalue weighted by molar-refractivity contribution is 0.349. The van der Waals surface area contributed by atoms with Crippen molar-refractivity contribution in [2.24, 2.45) is 0 Å². The third kappa shape index (κ3) is 2.37. The third-order valence-electron chi connectivity index (χ3n) is 5.92. The Bertz CT molecular complexity index is 1120. The van der Waals surface area contributed by atoms with E-state index in [4.69, 9.17) is 14.5 Å². The van der Waals surface area contributed by atoms with E-state index in [0.29, 0.717) is 0 Å². The largest absolute Gasteiger partial charge is 0.493 e. The molecule has 0 N–H and O–H groups in total. The summed E-state index contributed by atoms with van der Waals surface area (Å²) in [4.78, 5) is 9.37. The molecule has 0 spiro atoms. The molecule has 28 heavy (non-hydrogen) atoms. The van der Waals surface area contributed by atoms with Crippen LogP contribution in [0, 0.1) is 6.92 Å².